The molecule has 0 fully saturated rings. The van der Waals surface area contributed by atoms with Gasteiger partial charge in [-0.1, -0.05) is 6.08 Å². The molecule has 0 saturated carbocycles. The molecule has 116 valence electrons. The van der Waals surface area contributed by atoms with Crippen LogP contribution in [0.1, 0.15) is 31.2 Å². The Morgan fingerprint density at radius 2 is 2.13 bits per heavy atom. The molecule has 1 aliphatic rings. The van der Waals surface area contributed by atoms with Crippen LogP contribution in [0.4, 0.5) is 5.69 Å². The predicted molar refractivity (Wildman–Crippen MR) is 89.1 cm³/mol. The third-order valence-electron chi connectivity index (χ3n) is 4.41. The maximum atomic E-state index is 11.0. The first-order valence-corrected chi connectivity index (χ1v) is 7.76. The zero-order valence-electron chi connectivity index (χ0n) is 12.5. The summed E-state index contributed by atoms with van der Waals surface area (Å²) in [6.07, 6.45) is 10.1. The SMILES string of the molecule is O=[N+]([O-])c1ccc2c(C3=CCCCC3)c(-c3ccoc3)[nH]c2c1. The van der Waals surface area contributed by atoms with E-state index in [4.69, 9.17) is 4.42 Å². The molecule has 5 nitrogen and oxygen atoms in total. The molecule has 0 unspecified atom stereocenters. The van der Waals surface area contributed by atoms with Crippen LogP contribution in [-0.2, 0) is 0 Å². The molecule has 0 radical (unpaired) electrons. The summed E-state index contributed by atoms with van der Waals surface area (Å²) in [5.41, 5.74) is 5.29. The summed E-state index contributed by atoms with van der Waals surface area (Å²) in [5.74, 6) is 0. The number of hydrogen-bond acceptors (Lipinski definition) is 3. The molecular formula is C18H16N2O3. The summed E-state index contributed by atoms with van der Waals surface area (Å²) in [6.45, 7) is 0. The summed E-state index contributed by atoms with van der Waals surface area (Å²) in [5, 5.41) is 12.1. The molecule has 1 N–H and O–H groups in total. The Morgan fingerprint density at radius 1 is 1.22 bits per heavy atom. The van der Waals surface area contributed by atoms with Gasteiger partial charge in [0.2, 0.25) is 0 Å². The van der Waals surface area contributed by atoms with E-state index in [1.54, 1.807) is 24.7 Å². The molecule has 0 saturated heterocycles. The molecule has 2 heterocycles. The average molecular weight is 308 g/mol. The van der Waals surface area contributed by atoms with Gasteiger partial charge >= 0.3 is 0 Å². The van der Waals surface area contributed by atoms with Crippen molar-refractivity contribution < 1.29 is 9.34 Å². The fourth-order valence-electron chi connectivity index (χ4n) is 3.32. The molecular weight excluding hydrogens is 292 g/mol. The highest BCUT2D eigenvalue weighted by atomic mass is 16.6. The van der Waals surface area contributed by atoms with E-state index in [0.29, 0.717) is 0 Å². The molecule has 0 spiro atoms. The van der Waals surface area contributed by atoms with Crippen molar-refractivity contribution in [2.24, 2.45) is 0 Å². The maximum Gasteiger partial charge on any atom is 0.271 e. The third kappa shape index (κ3) is 2.34. The van der Waals surface area contributed by atoms with Crippen LogP contribution in [0.15, 0.2) is 47.3 Å². The summed E-state index contributed by atoms with van der Waals surface area (Å²) < 4.78 is 5.22. The predicted octanol–water partition coefficient (Wildman–Crippen LogP) is 5.29. The van der Waals surface area contributed by atoms with Gasteiger partial charge in [-0.05, 0) is 43.4 Å². The number of aromatic nitrogens is 1. The Balaban J connectivity index is 1.98. The number of aromatic amines is 1. The van der Waals surface area contributed by atoms with Crippen molar-refractivity contribution in [1.29, 1.82) is 0 Å². The van der Waals surface area contributed by atoms with Crippen molar-refractivity contribution >= 4 is 22.2 Å². The number of H-pyrrole nitrogens is 1. The Kier molecular flexibility index (Phi) is 3.26. The molecule has 5 heteroatoms. The van der Waals surface area contributed by atoms with E-state index in [0.717, 1.165) is 40.6 Å². The highest BCUT2D eigenvalue weighted by molar-refractivity contribution is 6.00. The molecule has 0 aliphatic heterocycles. The largest absolute Gasteiger partial charge is 0.472 e. The fraction of sp³-hybridized carbons (Fsp3) is 0.222. The standard InChI is InChI=1S/C18H16N2O3/c21-20(22)14-6-7-15-16(10-14)19-18(13-8-9-23-11-13)17(15)12-4-2-1-3-5-12/h4,6-11,19H,1-3,5H2. The number of nitrogens with zero attached hydrogens (tertiary/aromatic N) is 1. The minimum Gasteiger partial charge on any atom is -0.472 e. The van der Waals surface area contributed by atoms with Gasteiger partial charge in [0.25, 0.3) is 5.69 Å². The van der Waals surface area contributed by atoms with E-state index in [9.17, 15) is 10.1 Å². The number of allylic oxidation sites excluding steroid dienone is 2. The second kappa shape index (κ2) is 5.43. The van der Waals surface area contributed by atoms with Crippen LogP contribution in [0.3, 0.4) is 0 Å². The second-order valence-corrected chi connectivity index (χ2v) is 5.85. The van der Waals surface area contributed by atoms with Crippen LogP contribution in [0.5, 0.6) is 0 Å². The first kappa shape index (κ1) is 13.8. The molecule has 3 aromatic rings. The van der Waals surface area contributed by atoms with E-state index in [-0.39, 0.29) is 10.6 Å². The first-order valence-electron chi connectivity index (χ1n) is 7.76. The molecule has 4 rings (SSSR count). The Bertz CT molecular complexity index is 904. The number of furan rings is 1. The van der Waals surface area contributed by atoms with Gasteiger partial charge in [-0.15, -0.1) is 0 Å². The smallest absolute Gasteiger partial charge is 0.271 e. The van der Waals surface area contributed by atoms with E-state index in [2.05, 4.69) is 11.1 Å². The number of fused-ring (bicyclic) bond motifs is 1. The first-order chi connectivity index (χ1) is 11.2. The van der Waals surface area contributed by atoms with E-state index >= 15 is 0 Å². The average Bonchev–Trinajstić information content (AvgIpc) is 3.22. The van der Waals surface area contributed by atoms with Gasteiger partial charge < -0.3 is 9.40 Å². The number of non-ortho nitro benzene ring substituents is 1. The van der Waals surface area contributed by atoms with Gasteiger partial charge in [0.1, 0.15) is 0 Å². The molecule has 0 bridgehead atoms. The van der Waals surface area contributed by atoms with Crippen LogP contribution in [0, 0.1) is 10.1 Å². The molecule has 1 aromatic carbocycles. The Labute approximate surface area is 132 Å². The molecule has 0 atom stereocenters. The Morgan fingerprint density at radius 3 is 2.83 bits per heavy atom. The van der Waals surface area contributed by atoms with Gasteiger partial charge in [-0.25, -0.2) is 0 Å². The third-order valence-corrected chi connectivity index (χ3v) is 4.41. The molecule has 0 amide bonds. The molecule has 2 aromatic heterocycles. The van der Waals surface area contributed by atoms with Crippen molar-refractivity contribution in [3.05, 3.63) is 58.5 Å². The number of nitro groups is 1. The minimum atomic E-state index is -0.364. The highest BCUT2D eigenvalue weighted by Gasteiger charge is 2.20. The van der Waals surface area contributed by atoms with Crippen LogP contribution in [0.25, 0.3) is 27.7 Å². The lowest BCUT2D eigenvalue weighted by Gasteiger charge is -2.13. The van der Waals surface area contributed by atoms with E-state index in [1.807, 2.05) is 12.1 Å². The summed E-state index contributed by atoms with van der Waals surface area (Å²) in [7, 11) is 0. The van der Waals surface area contributed by atoms with Crippen LogP contribution in [-0.4, -0.2) is 9.91 Å². The van der Waals surface area contributed by atoms with Gasteiger partial charge in [-0.3, -0.25) is 10.1 Å². The van der Waals surface area contributed by atoms with Crippen LogP contribution >= 0.6 is 0 Å². The van der Waals surface area contributed by atoms with Crippen molar-refractivity contribution in [3.63, 3.8) is 0 Å². The lowest BCUT2D eigenvalue weighted by molar-refractivity contribution is -0.384. The lowest BCUT2D eigenvalue weighted by atomic mass is 9.90. The number of nitro benzene ring substituents is 1. The minimum absolute atomic E-state index is 0.0988. The molecule has 1 aliphatic carbocycles. The van der Waals surface area contributed by atoms with Gasteiger partial charge in [0.05, 0.1) is 28.7 Å². The topological polar surface area (TPSA) is 72.1 Å². The summed E-state index contributed by atoms with van der Waals surface area (Å²) in [6, 6.07) is 6.93. The number of benzene rings is 1. The summed E-state index contributed by atoms with van der Waals surface area (Å²) in [4.78, 5) is 14.0. The number of rotatable bonds is 3. The van der Waals surface area contributed by atoms with Gasteiger partial charge in [0, 0.05) is 28.6 Å². The normalized spacial score (nSPS) is 14.9. The van der Waals surface area contributed by atoms with Crippen molar-refractivity contribution in [2.45, 2.75) is 25.7 Å². The highest BCUT2D eigenvalue weighted by Crippen LogP contribution is 2.40. The Hall–Kier alpha value is -2.82. The quantitative estimate of drug-likeness (QED) is 0.527. The monoisotopic (exact) mass is 308 g/mol. The zero-order chi connectivity index (χ0) is 15.8. The van der Waals surface area contributed by atoms with Crippen molar-refractivity contribution in [3.8, 4) is 11.3 Å². The second-order valence-electron chi connectivity index (χ2n) is 5.85. The van der Waals surface area contributed by atoms with Crippen LogP contribution < -0.4 is 0 Å². The van der Waals surface area contributed by atoms with Crippen molar-refractivity contribution in [2.75, 3.05) is 0 Å². The fourth-order valence-corrected chi connectivity index (χ4v) is 3.32. The lowest BCUT2D eigenvalue weighted by Crippen LogP contribution is -1.93. The molecule has 23 heavy (non-hydrogen) atoms. The van der Waals surface area contributed by atoms with Crippen molar-refractivity contribution in [1.82, 2.24) is 4.98 Å². The van der Waals surface area contributed by atoms with Crippen LogP contribution in [0.2, 0.25) is 0 Å². The number of nitrogens with one attached hydrogen (secondary N) is 1. The van der Waals surface area contributed by atoms with E-state index < -0.39 is 0 Å². The maximum absolute atomic E-state index is 11.0. The van der Waals surface area contributed by atoms with E-state index in [1.165, 1.54) is 18.4 Å². The summed E-state index contributed by atoms with van der Waals surface area (Å²) >= 11 is 0. The zero-order valence-corrected chi connectivity index (χ0v) is 12.5. The van der Waals surface area contributed by atoms with Gasteiger partial charge in [-0.2, -0.15) is 0 Å². The van der Waals surface area contributed by atoms with Gasteiger partial charge in [0.15, 0.2) is 0 Å². The number of hydrogen-bond donors (Lipinski definition) is 1.